The van der Waals surface area contributed by atoms with E-state index in [4.69, 9.17) is 4.74 Å². The highest BCUT2D eigenvalue weighted by Crippen LogP contribution is 2.38. The molecule has 84 valence electrons. The van der Waals surface area contributed by atoms with Crippen molar-refractivity contribution in [3.8, 4) is 0 Å². The highest BCUT2D eigenvalue weighted by Gasteiger charge is 2.48. The third-order valence-electron chi connectivity index (χ3n) is 2.66. The highest BCUT2D eigenvalue weighted by molar-refractivity contribution is 7.81. The van der Waals surface area contributed by atoms with Crippen LogP contribution in [0.2, 0.25) is 0 Å². The van der Waals surface area contributed by atoms with Crippen molar-refractivity contribution in [3.05, 3.63) is 12.2 Å². The van der Waals surface area contributed by atoms with Crippen molar-refractivity contribution >= 4 is 24.4 Å². The summed E-state index contributed by atoms with van der Waals surface area (Å²) in [5.41, 5.74) is -0.206. The number of hydrogen-bond acceptors (Lipinski definition) is 4. The maximum atomic E-state index is 11.9. The normalized spacial score (nSPS) is 31.5. The summed E-state index contributed by atoms with van der Waals surface area (Å²) in [7, 11) is 0. The van der Waals surface area contributed by atoms with Gasteiger partial charge in [0.2, 0.25) is 0 Å². The Morgan fingerprint density at radius 3 is 2.87 bits per heavy atom. The molecule has 1 aliphatic carbocycles. The van der Waals surface area contributed by atoms with Gasteiger partial charge in [0.05, 0.1) is 11.9 Å². The minimum absolute atomic E-state index is 0.156. The first-order valence-electron chi connectivity index (χ1n) is 4.98. The van der Waals surface area contributed by atoms with Gasteiger partial charge in [-0.2, -0.15) is 12.6 Å². The topological polar surface area (TPSA) is 43.4 Å². The van der Waals surface area contributed by atoms with E-state index in [9.17, 15) is 9.59 Å². The van der Waals surface area contributed by atoms with Crippen LogP contribution in [-0.4, -0.2) is 23.6 Å². The molecule has 0 aromatic carbocycles. The number of ether oxygens (including phenoxy) is 1. The van der Waals surface area contributed by atoms with E-state index in [2.05, 4.69) is 19.2 Å². The molecule has 1 fully saturated rings. The highest BCUT2D eigenvalue weighted by atomic mass is 32.1. The second-order valence-corrected chi connectivity index (χ2v) is 4.69. The standard InChI is InChI=1S/C11H16O3S/c1-4-14-10(13)11(3)6-7(2)5-8(15)9(11)12/h8,15H,2,4-6H2,1,3H3. The van der Waals surface area contributed by atoms with Crippen LogP contribution in [0.25, 0.3) is 0 Å². The van der Waals surface area contributed by atoms with E-state index in [-0.39, 0.29) is 12.4 Å². The van der Waals surface area contributed by atoms with Crippen LogP contribution in [0.3, 0.4) is 0 Å². The molecule has 0 amide bonds. The number of allylic oxidation sites excluding steroid dienone is 1. The molecule has 1 saturated carbocycles. The fourth-order valence-electron chi connectivity index (χ4n) is 1.86. The van der Waals surface area contributed by atoms with Crippen LogP contribution in [0, 0.1) is 5.41 Å². The van der Waals surface area contributed by atoms with Crippen LogP contribution in [0.1, 0.15) is 26.7 Å². The largest absolute Gasteiger partial charge is 0.465 e. The van der Waals surface area contributed by atoms with Crippen molar-refractivity contribution in [1.29, 1.82) is 0 Å². The number of esters is 1. The van der Waals surface area contributed by atoms with Gasteiger partial charge in [-0.15, -0.1) is 0 Å². The second kappa shape index (κ2) is 4.39. The summed E-state index contributed by atoms with van der Waals surface area (Å²) in [5, 5.41) is -0.430. The van der Waals surface area contributed by atoms with Gasteiger partial charge in [0.25, 0.3) is 0 Å². The van der Waals surface area contributed by atoms with Gasteiger partial charge in [-0.3, -0.25) is 9.59 Å². The molecule has 0 bridgehead atoms. The number of rotatable bonds is 2. The molecule has 3 nitrogen and oxygen atoms in total. The quantitative estimate of drug-likeness (QED) is 0.339. The van der Waals surface area contributed by atoms with E-state index >= 15 is 0 Å². The molecule has 0 radical (unpaired) electrons. The summed E-state index contributed by atoms with van der Waals surface area (Å²) in [6, 6.07) is 0. The monoisotopic (exact) mass is 228 g/mol. The van der Waals surface area contributed by atoms with Gasteiger partial charge in [-0.1, -0.05) is 12.2 Å². The van der Waals surface area contributed by atoms with Crippen LogP contribution in [0.4, 0.5) is 0 Å². The lowest BCUT2D eigenvalue weighted by Crippen LogP contribution is -2.45. The first-order valence-corrected chi connectivity index (χ1v) is 5.49. The lowest BCUT2D eigenvalue weighted by Gasteiger charge is -2.33. The van der Waals surface area contributed by atoms with E-state index in [0.717, 1.165) is 5.57 Å². The lowest BCUT2D eigenvalue weighted by atomic mass is 9.72. The number of carbonyl (C=O) groups excluding carboxylic acids is 2. The van der Waals surface area contributed by atoms with Gasteiger partial charge in [-0.25, -0.2) is 0 Å². The molecular formula is C11H16O3S. The van der Waals surface area contributed by atoms with Crippen LogP contribution in [0.15, 0.2) is 12.2 Å². The maximum absolute atomic E-state index is 11.9. The average molecular weight is 228 g/mol. The van der Waals surface area contributed by atoms with Crippen LogP contribution >= 0.6 is 12.6 Å². The minimum Gasteiger partial charge on any atom is -0.465 e. The zero-order valence-electron chi connectivity index (χ0n) is 9.08. The Hall–Kier alpha value is -0.770. The first kappa shape index (κ1) is 12.3. The van der Waals surface area contributed by atoms with Gasteiger partial charge in [0.15, 0.2) is 5.78 Å². The SMILES string of the molecule is C=C1CC(S)C(=O)C(C)(C(=O)OCC)C1. The maximum Gasteiger partial charge on any atom is 0.319 e. The van der Waals surface area contributed by atoms with E-state index in [0.29, 0.717) is 12.8 Å². The molecule has 2 atom stereocenters. The average Bonchev–Trinajstić information content (AvgIpc) is 2.14. The summed E-state index contributed by atoms with van der Waals surface area (Å²) in [4.78, 5) is 23.6. The van der Waals surface area contributed by atoms with Crippen molar-refractivity contribution in [2.24, 2.45) is 5.41 Å². The van der Waals surface area contributed by atoms with Gasteiger partial charge >= 0.3 is 5.97 Å². The van der Waals surface area contributed by atoms with Crippen LogP contribution in [0.5, 0.6) is 0 Å². The molecule has 0 aromatic rings. The lowest BCUT2D eigenvalue weighted by molar-refractivity contribution is -0.159. The third-order valence-corrected chi connectivity index (χ3v) is 3.08. The molecule has 1 aliphatic rings. The Balaban J connectivity index is 2.93. The Bertz CT molecular complexity index is 311. The molecule has 0 N–H and O–H groups in total. The zero-order valence-corrected chi connectivity index (χ0v) is 9.97. The summed E-state index contributed by atoms with van der Waals surface area (Å²) < 4.78 is 4.92. The predicted molar refractivity (Wildman–Crippen MR) is 60.9 cm³/mol. The van der Waals surface area contributed by atoms with Crippen molar-refractivity contribution in [1.82, 2.24) is 0 Å². The molecule has 15 heavy (non-hydrogen) atoms. The molecular weight excluding hydrogens is 212 g/mol. The van der Waals surface area contributed by atoms with E-state index in [1.807, 2.05) is 0 Å². The fraction of sp³-hybridized carbons (Fsp3) is 0.636. The van der Waals surface area contributed by atoms with Crippen molar-refractivity contribution in [2.75, 3.05) is 6.61 Å². The van der Waals surface area contributed by atoms with E-state index in [1.165, 1.54) is 0 Å². The first-order chi connectivity index (χ1) is 6.91. The summed E-state index contributed by atoms with van der Waals surface area (Å²) in [5.74, 6) is -0.619. The molecule has 0 saturated heterocycles. The molecule has 0 aliphatic heterocycles. The Labute approximate surface area is 95.3 Å². The van der Waals surface area contributed by atoms with Gasteiger partial charge in [-0.05, 0) is 26.7 Å². The number of Topliss-reactive ketones (excluding diaryl/α,β-unsaturated/α-hetero) is 1. The van der Waals surface area contributed by atoms with Crippen molar-refractivity contribution in [2.45, 2.75) is 31.9 Å². The molecule has 0 heterocycles. The summed E-state index contributed by atoms with van der Waals surface area (Å²) >= 11 is 4.17. The van der Waals surface area contributed by atoms with Gasteiger partial charge in [0.1, 0.15) is 5.41 Å². The molecule has 0 spiro atoms. The smallest absolute Gasteiger partial charge is 0.319 e. The van der Waals surface area contributed by atoms with Crippen molar-refractivity contribution in [3.63, 3.8) is 0 Å². The third kappa shape index (κ3) is 2.25. The Morgan fingerprint density at radius 1 is 1.73 bits per heavy atom. The Kier molecular flexibility index (Phi) is 3.60. The van der Waals surface area contributed by atoms with Gasteiger partial charge < -0.3 is 4.74 Å². The van der Waals surface area contributed by atoms with Crippen molar-refractivity contribution < 1.29 is 14.3 Å². The number of hydrogen-bond donors (Lipinski definition) is 1. The molecule has 2 unspecified atom stereocenters. The second-order valence-electron chi connectivity index (χ2n) is 4.06. The van der Waals surface area contributed by atoms with Crippen LogP contribution < -0.4 is 0 Å². The number of thiol groups is 1. The number of carbonyl (C=O) groups is 2. The van der Waals surface area contributed by atoms with Crippen LogP contribution in [-0.2, 0) is 14.3 Å². The predicted octanol–water partition coefficient (Wildman–Crippen LogP) is 1.77. The molecule has 0 aromatic heterocycles. The summed E-state index contributed by atoms with van der Waals surface area (Å²) in [6.07, 6.45) is 0.929. The summed E-state index contributed by atoms with van der Waals surface area (Å²) in [6.45, 7) is 7.45. The molecule has 1 rings (SSSR count). The molecule has 4 heteroatoms. The van der Waals surface area contributed by atoms with E-state index < -0.39 is 16.6 Å². The minimum atomic E-state index is -1.09. The van der Waals surface area contributed by atoms with E-state index in [1.54, 1.807) is 13.8 Å². The van der Waals surface area contributed by atoms with Gasteiger partial charge in [0, 0.05) is 0 Å². The zero-order chi connectivity index (χ0) is 11.6. The number of ketones is 1. The Morgan fingerprint density at radius 2 is 2.33 bits per heavy atom. The fourth-order valence-corrected chi connectivity index (χ4v) is 2.40.